The van der Waals surface area contributed by atoms with E-state index in [1.807, 2.05) is 48.5 Å². The average molecular weight is 418 g/mol. The Morgan fingerprint density at radius 1 is 1.13 bits per heavy atom. The Labute approximate surface area is 180 Å². The van der Waals surface area contributed by atoms with Gasteiger partial charge >= 0.3 is 5.97 Å². The van der Waals surface area contributed by atoms with Crippen LogP contribution in [0, 0.1) is 11.3 Å². The summed E-state index contributed by atoms with van der Waals surface area (Å²) >= 11 is 0. The van der Waals surface area contributed by atoms with Gasteiger partial charge in [-0.15, -0.1) is 0 Å². The van der Waals surface area contributed by atoms with Crippen LogP contribution in [0.25, 0.3) is 11.3 Å². The highest BCUT2D eigenvalue weighted by Crippen LogP contribution is 2.31. The summed E-state index contributed by atoms with van der Waals surface area (Å²) in [6.07, 6.45) is 1.79. The molecule has 31 heavy (non-hydrogen) atoms. The lowest BCUT2D eigenvalue weighted by Gasteiger charge is -2.08. The Bertz CT molecular complexity index is 1090. The third kappa shape index (κ3) is 5.70. The Hall–Kier alpha value is -4.12. The fraction of sp³-hybridized carbons (Fsp3) is 0.217. The Morgan fingerprint density at radius 3 is 2.61 bits per heavy atom. The van der Waals surface area contributed by atoms with Crippen molar-refractivity contribution in [1.82, 2.24) is 15.1 Å². The Balaban J connectivity index is 1.85. The molecule has 0 saturated heterocycles. The highest BCUT2D eigenvalue weighted by Gasteiger charge is 2.22. The number of ether oxygens (including phenoxy) is 2. The molecule has 0 spiro atoms. The summed E-state index contributed by atoms with van der Waals surface area (Å²) in [5.41, 5.74) is 2.30. The molecule has 1 N–H and O–H groups in total. The van der Waals surface area contributed by atoms with Crippen LogP contribution in [0.4, 0.5) is 0 Å². The number of benzene rings is 2. The molecule has 0 aliphatic carbocycles. The number of rotatable bonds is 9. The third-order valence-corrected chi connectivity index (χ3v) is 4.42. The monoisotopic (exact) mass is 418 g/mol. The summed E-state index contributed by atoms with van der Waals surface area (Å²) in [7, 11) is 1.55. The molecule has 0 aliphatic heterocycles. The molecule has 0 fully saturated rings. The molecule has 8 heteroatoms. The second kappa shape index (κ2) is 10.6. The number of aromatic nitrogens is 2. The van der Waals surface area contributed by atoms with E-state index in [0.29, 0.717) is 23.6 Å². The van der Waals surface area contributed by atoms with E-state index in [9.17, 15) is 9.59 Å². The lowest BCUT2D eigenvalue weighted by atomic mass is 10.1. The number of nitriles is 1. The fourth-order valence-electron chi connectivity index (χ4n) is 2.98. The van der Waals surface area contributed by atoms with E-state index in [1.54, 1.807) is 30.1 Å². The van der Waals surface area contributed by atoms with Gasteiger partial charge in [-0.05, 0) is 17.7 Å². The van der Waals surface area contributed by atoms with Crippen LogP contribution < -0.4 is 10.1 Å². The number of esters is 1. The molecule has 8 nitrogen and oxygen atoms in total. The number of para-hydroxylation sites is 1. The minimum atomic E-state index is -0.671. The maximum Gasteiger partial charge on any atom is 0.342 e. The van der Waals surface area contributed by atoms with E-state index in [2.05, 4.69) is 10.4 Å². The molecule has 3 rings (SSSR count). The molecule has 2 aromatic carbocycles. The summed E-state index contributed by atoms with van der Waals surface area (Å²) < 4.78 is 12.3. The molecule has 3 aromatic rings. The largest absolute Gasteiger partial charge is 0.496 e. The molecule has 0 saturated carbocycles. The SMILES string of the molecule is COc1ccccc1-c1nn(Cc2ccccc2)cc1C(=O)OCC(=O)NCCC#N. The molecule has 0 bridgehead atoms. The van der Waals surface area contributed by atoms with Crippen molar-refractivity contribution in [3.8, 4) is 23.1 Å². The van der Waals surface area contributed by atoms with Crippen LogP contribution >= 0.6 is 0 Å². The molecular formula is C23H22N4O4. The van der Waals surface area contributed by atoms with Gasteiger partial charge in [-0.3, -0.25) is 9.48 Å². The summed E-state index contributed by atoms with van der Waals surface area (Å²) in [4.78, 5) is 24.6. The van der Waals surface area contributed by atoms with Crippen LogP contribution in [0.3, 0.4) is 0 Å². The van der Waals surface area contributed by atoms with Gasteiger partial charge in [0.1, 0.15) is 17.0 Å². The number of carbonyl (C=O) groups is 2. The first kappa shape index (κ1) is 21.6. The second-order valence-corrected chi connectivity index (χ2v) is 6.61. The van der Waals surface area contributed by atoms with Gasteiger partial charge in [0, 0.05) is 18.3 Å². The average Bonchev–Trinajstić information content (AvgIpc) is 3.22. The first-order valence-corrected chi connectivity index (χ1v) is 9.68. The van der Waals surface area contributed by atoms with Crippen molar-refractivity contribution >= 4 is 11.9 Å². The minimum absolute atomic E-state index is 0.184. The second-order valence-electron chi connectivity index (χ2n) is 6.61. The van der Waals surface area contributed by atoms with Crippen molar-refractivity contribution in [3.63, 3.8) is 0 Å². The van der Waals surface area contributed by atoms with E-state index in [4.69, 9.17) is 14.7 Å². The van der Waals surface area contributed by atoms with Crippen LogP contribution in [0.5, 0.6) is 5.75 Å². The molecule has 1 amide bonds. The van der Waals surface area contributed by atoms with E-state index in [0.717, 1.165) is 5.56 Å². The van der Waals surface area contributed by atoms with Crippen molar-refractivity contribution < 1.29 is 19.1 Å². The number of methoxy groups -OCH3 is 1. The van der Waals surface area contributed by atoms with Gasteiger partial charge in [-0.25, -0.2) is 4.79 Å². The van der Waals surface area contributed by atoms with Crippen molar-refractivity contribution in [1.29, 1.82) is 5.26 Å². The lowest BCUT2D eigenvalue weighted by Crippen LogP contribution is -2.29. The first-order valence-electron chi connectivity index (χ1n) is 9.68. The van der Waals surface area contributed by atoms with Crippen LogP contribution in [-0.4, -0.2) is 41.9 Å². The van der Waals surface area contributed by atoms with Crippen molar-refractivity contribution in [2.24, 2.45) is 0 Å². The maximum atomic E-state index is 12.8. The molecule has 158 valence electrons. The summed E-state index contributed by atoms with van der Waals surface area (Å²) in [6.45, 7) is 0.221. The van der Waals surface area contributed by atoms with Gasteiger partial charge in [0.05, 0.1) is 26.1 Å². The maximum absolute atomic E-state index is 12.8. The molecule has 0 unspecified atom stereocenters. The van der Waals surface area contributed by atoms with Gasteiger partial charge in [-0.1, -0.05) is 42.5 Å². The summed E-state index contributed by atoms with van der Waals surface area (Å²) in [6, 6.07) is 18.9. The standard InChI is InChI=1S/C23H22N4O4/c1-30-20-11-6-5-10-18(20)22-19(23(29)31-16-21(28)25-13-7-12-24)15-27(26-22)14-17-8-3-2-4-9-17/h2-6,8-11,15H,7,13-14,16H2,1H3,(H,25,28). The summed E-state index contributed by atoms with van der Waals surface area (Å²) in [5, 5.41) is 15.6. The zero-order chi connectivity index (χ0) is 22.1. The van der Waals surface area contributed by atoms with Crippen molar-refractivity contribution in [3.05, 3.63) is 71.9 Å². The Morgan fingerprint density at radius 2 is 1.87 bits per heavy atom. The van der Waals surface area contributed by atoms with Gasteiger partial charge in [0.15, 0.2) is 6.61 Å². The van der Waals surface area contributed by atoms with E-state index >= 15 is 0 Å². The normalized spacial score (nSPS) is 10.2. The molecule has 0 radical (unpaired) electrons. The number of nitrogens with one attached hydrogen (secondary N) is 1. The predicted molar refractivity (Wildman–Crippen MR) is 113 cm³/mol. The van der Waals surface area contributed by atoms with Gasteiger partial charge in [0.25, 0.3) is 5.91 Å². The van der Waals surface area contributed by atoms with E-state index in [-0.39, 0.29) is 18.5 Å². The predicted octanol–water partition coefficient (Wildman–Crippen LogP) is 2.79. The fourth-order valence-corrected chi connectivity index (χ4v) is 2.98. The van der Waals surface area contributed by atoms with E-state index < -0.39 is 18.5 Å². The molecule has 0 aliphatic rings. The van der Waals surface area contributed by atoms with Crippen LogP contribution in [-0.2, 0) is 16.1 Å². The van der Waals surface area contributed by atoms with Crippen molar-refractivity contribution in [2.45, 2.75) is 13.0 Å². The zero-order valence-electron chi connectivity index (χ0n) is 17.1. The van der Waals surface area contributed by atoms with Gasteiger partial charge in [-0.2, -0.15) is 10.4 Å². The Kier molecular flexibility index (Phi) is 7.38. The molecule has 0 atom stereocenters. The van der Waals surface area contributed by atoms with Crippen LogP contribution in [0.1, 0.15) is 22.3 Å². The smallest absolute Gasteiger partial charge is 0.342 e. The molecule has 1 heterocycles. The van der Waals surface area contributed by atoms with Gasteiger partial charge < -0.3 is 14.8 Å². The van der Waals surface area contributed by atoms with Crippen molar-refractivity contribution in [2.75, 3.05) is 20.3 Å². The molecular weight excluding hydrogens is 396 g/mol. The third-order valence-electron chi connectivity index (χ3n) is 4.42. The van der Waals surface area contributed by atoms with Gasteiger partial charge in [0.2, 0.25) is 0 Å². The number of carbonyl (C=O) groups excluding carboxylic acids is 2. The highest BCUT2D eigenvalue weighted by molar-refractivity contribution is 5.97. The number of amides is 1. The first-order chi connectivity index (χ1) is 15.1. The highest BCUT2D eigenvalue weighted by atomic mass is 16.5. The summed E-state index contributed by atoms with van der Waals surface area (Å²) in [5.74, 6) is -0.578. The number of nitrogens with zero attached hydrogens (tertiary/aromatic N) is 3. The zero-order valence-corrected chi connectivity index (χ0v) is 17.1. The number of hydrogen-bond donors (Lipinski definition) is 1. The lowest BCUT2D eigenvalue weighted by molar-refractivity contribution is -0.124. The van der Waals surface area contributed by atoms with Crippen LogP contribution in [0.15, 0.2) is 60.8 Å². The quantitative estimate of drug-likeness (QED) is 0.423. The topological polar surface area (TPSA) is 106 Å². The van der Waals surface area contributed by atoms with E-state index in [1.165, 1.54) is 0 Å². The number of hydrogen-bond acceptors (Lipinski definition) is 6. The molecule has 1 aromatic heterocycles. The van der Waals surface area contributed by atoms with Crippen LogP contribution in [0.2, 0.25) is 0 Å². The minimum Gasteiger partial charge on any atom is -0.496 e.